The largest absolute Gasteiger partial charge is 0.496 e. The van der Waals surface area contributed by atoms with E-state index in [1.807, 2.05) is 19.1 Å². The highest BCUT2D eigenvalue weighted by molar-refractivity contribution is 5.70. The minimum atomic E-state index is -0.737. The minimum absolute atomic E-state index is 0.316. The van der Waals surface area contributed by atoms with Crippen molar-refractivity contribution >= 4 is 5.97 Å². The number of methoxy groups -OCH3 is 1. The second kappa shape index (κ2) is 7.79. The molecule has 106 valence electrons. The molecule has 1 aromatic rings. The summed E-state index contributed by atoms with van der Waals surface area (Å²) in [4.78, 5) is 10.9. The minimum Gasteiger partial charge on any atom is -0.496 e. The van der Waals surface area contributed by atoms with E-state index in [0.717, 1.165) is 17.7 Å². The van der Waals surface area contributed by atoms with E-state index in [4.69, 9.17) is 9.84 Å². The molecule has 2 N–H and O–H groups in total. The van der Waals surface area contributed by atoms with Crippen LogP contribution in [0.5, 0.6) is 5.75 Å². The molecule has 0 fully saturated rings. The first kappa shape index (κ1) is 15.5. The number of ether oxygens (including phenoxy) is 1. The molecule has 0 aliphatic carbocycles. The van der Waals surface area contributed by atoms with Crippen LogP contribution in [0.3, 0.4) is 0 Å². The number of nitrogens with one attached hydrogen (secondary N) is 1. The zero-order chi connectivity index (χ0) is 14.3. The molecule has 0 saturated carbocycles. The van der Waals surface area contributed by atoms with E-state index < -0.39 is 5.97 Å². The second-order valence-corrected chi connectivity index (χ2v) is 4.57. The molecule has 19 heavy (non-hydrogen) atoms. The number of carbonyl (C=O) groups is 1. The van der Waals surface area contributed by atoms with Gasteiger partial charge in [-0.15, -0.1) is 0 Å². The third kappa shape index (κ3) is 4.56. The Morgan fingerprint density at radius 2 is 2.16 bits per heavy atom. The van der Waals surface area contributed by atoms with Crippen LogP contribution in [0.4, 0.5) is 0 Å². The summed E-state index contributed by atoms with van der Waals surface area (Å²) in [6.45, 7) is 5.16. The molecule has 4 heteroatoms. The van der Waals surface area contributed by atoms with Crippen LogP contribution in [0, 0.1) is 5.92 Å². The number of hydrogen-bond acceptors (Lipinski definition) is 3. The highest BCUT2D eigenvalue weighted by Crippen LogP contribution is 2.20. The topological polar surface area (TPSA) is 58.6 Å². The van der Waals surface area contributed by atoms with Gasteiger partial charge in [-0.3, -0.25) is 4.79 Å². The quantitative estimate of drug-likeness (QED) is 0.758. The average Bonchev–Trinajstić information content (AvgIpc) is 2.42. The van der Waals surface area contributed by atoms with Gasteiger partial charge in [0.1, 0.15) is 5.75 Å². The monoisotopic (exact) mass is 265 g/mol. The van der Waals surface area contributed by atoms with Crippen LogP contribution in [-0.2, 0) is 17.8 Å². The van der Waals surface area contributed by atoms with Crippen molar-refractivity contribution in [1.29, 1.82) is 0 Å². The average molecular weight is 265 g/mol. The Bertz CT molecular complexity index is 418. The Balaban J connectivity index is 2.56. The lowest BCUT2D eigenvalue weighted by molar-refractivity contribution is -0.141. The van der Waals surface area contributed by atoms with Gasteiger partial charge in [0, 0.05) is 13.1 Å². The number of aryl methyl sites for hydroxylation is 1. The number of carboxylic acids is 1. The van der Waals surface area contributed by atoms with Gasteiger partial charge < -0.3 is 15.2 Å². The SMILES string of the molecule is CCc1cc(CNCC(CC)C(=O)O)ccc1OC. The Hall–Kier alpha value is -1.55. The van der Waals surface area contributed by atoms with E-state index in [1.54, 1.807) is 7.11 Å². The van der Waals surface area contributed by atoms with Gasteiger partial charge >= 0.3 is 5.97 Å². The molecule has 4 nitrogen and oxygen atoms in total. The fourth-order valence-corrected chi connectivity index (χ4v) is 2.02. The van der Waals surface area contributed by atoms with E-state index >= 15 is 0 Å². The van der Waals surface area contributed by atoms with Crippen molar-refractivity contribution in [2.45, 2.75) is 33.2 Å². The van der Waals surface area contributed by atoms with Gasteiger partial charge in [0.25, 0.3) is 0 Å². The highest BCUT2D eigenvalue weighted by atomic mass is 16.5. The van der Waals surface area contributed by atoms with Crippen molar-refractivity contribution in [2.24, 2.45) is 5.92 Å². The fraction of sp³-hybridized carbons (Fsp3) is 0.533. The van der Waals surface area contributed by atoms with Crippen molar-refractivity contribution in [3.05, 3.63) is 29.3 Å². The summed E-state index contributed by atoms with van der Waals surface area (Å²) in [5, 5.41) is 12.2. The standard InChI is InChI=1S/C15H23NO3/c1-4-12-8-11(6-7-14(12)19-3)9-16-10-13(5-2)15(17)18/h6-8,13,16H,4-5,9-10H2,1-3H3,(H,17,18). The number of hydrogen-bond donors (Lipinski definition) is 2. The molecule has 0 aliphatic rings. The van der Waals surface area contributed by atoms with Gasteiger partial charge in [-0.25, -0.2) is 0 Å². The Morgan fingerprint density at radius 3 is 2.68 bits per heavy atom. The van der Waals surface area contributed by atoms with Gasteiger partial charge in [0.05, 0.1) is 13.0 Å². The third-order valence-corrected chi connectivity index (χ3v) is 3.29. The summed E-state index contributed by atoms with van der Waals surface area (Å²) >= 11 is 0. The molecule has 0 spiro atoms. The Kier molecular flexibility index (Phi) is 6.36. The Labute approximate surface area is 114 Å². The predicted octanol–water partition coefficient (Wildman–Crippen LogP) is 2.46. The smallest absolute Gasteiger partial charge is 0.307 e. The third-order valence-electron chi connectivity index (χ3n) is 3.29. The van der Waals surface area contributed by atoms with E-state index in [2.05, 4.69) is 18.3 Å². The second-order valence-electron chi connectivity index (χ2n) is 4.57. The number of carboxylic acid groups (broad SMARTS) is 1. The zero-order valence-corrected chi connectivity index (χ0v) is 11.9. The maximum atomic E-state index is 10.9. The van der Waals surface area contributed by atoms with Gasteiger partial charge in [0.15, 0.2) is 0 Å². The van der Waals surface area contributed by atoms with Crippen molar-refractivity contribution < 1.29 is 14.6 Å². The molecule has 0 aromatic heterocycles. The summed E-state index contributed by atoms with van der Waals surface area (Å²) in [6.07, 6.45) is 1.56. The van der Waals surface area contributed by atoms with Crippen LogP contribution in [0.25, 0.3) is 0 Å². The molecule has 0 aliphatic heterocycles. The lowest BCUT2D eigenvalue weighted by Crippen LogP contribution is -2.27. The molecule has 1 unspecified atom stereocenters. The first-order valence-corrected chi connectivity index (χ1v) is 6.71. The number of rotatable bonds is 8. The zero-order valence-electron chi connectivity index (χ0n) is 11.9. The van der Waals surface area contributed by atoms with Crippen LogP contribution in [-0.4, -0.2) is 24.7 Å². The van der Waals surface area contributed by atoms with Crippen molar-refractivity contribution in [3.8, 4) is 5.75 Å². The van der Waals surface area contributed by atoms with Crippen LogP contribution in [0.2, 0.25) is 0 Å². The lowest BCUT2D eigenvalue weighted by atomic mass is 10.1. The van der Waals surface area contributed by atoms with Crippen molar-refractivity contribution in [2.75, 3.05) is 13.7 Å². The molecule has 1 aromatic carbocycles. The molecule has 0 amide bonds. The molecule has 0 saturated heterocycles. The van der Waals surface area contributed by atoms with Gasteiger partial charge in [0.2, 0.25) is 0 Å². The summed E-state index contributed by atoms with van der Waals surface area (Å²) < 4.78 is 5.28. The van der Waals surface area contributed by atoms with Gasteiger partial charge in [-0.05, 0) is 30.0 Å². The maximum Gasteiger partial charge on any atom is 0.307 e. The van der Waals surface area contributed by atoms with Crippen molar-refractivity contribution in [3.63, 3.8) is 0 Å². The van der Waals surface area contributed by atoms with Crippen LogP contribution in [0.1, 0.15) is 31.4 Å². The molecular formula is C15H23NO3. The first-order valence-electron chi connectivity index (χ1n) is 6.71. The molecule has 1 rings (SSSR count). The number of aliphatic carboxylic acids is 1. The summed E-state index contributed by atoms with van der Waals surface area (Å²) in [7, 11) is 1.67. The Morgan fingerprint density at radius 1 is 1.42 bits per heavy atom. The summed E-state index contributed by atoms with van der Waals surface area (Å²) in [5.74, 6) is -0.147. The highest BCUT2D eigenvalue weighted by Gasteiger charge is 2.13. The predicted molar refractivity (Wildman–Crippen MR) is 75.5 cm³/mol. The van der Waals surface area contributed by atoms with Crippen LogP contribution in [0.15, 0.2) is 18.2 Å². The summed E-state index contributed by atoms with van der Waals surface area (Å²) in [5.41, 5.74) is 2.32. The molecular weight excluding hydrogens is 242 g/mol. The fourth-order valence-electron chi connectivity index (χ4n) is 2.02. The van der Waals surface area contributed by atoms with Gasteiger partial charge in [-0.2, -0.15) is 0 Å². The molecule has 0 bridgehead atoms. The normalized spacial score (nSPS) is 12.2. The van der Waals surface area contributed by atoms with Gasteiger partial charge in [-0.1, -0.05) is 26.0 Å². The molecule has 1 atom stereocenters. The summed E-state index contributed by atoms with van der Waals surface area (Å²) in [6, 6.07) is 6.07. The van der Waals surface area contributed by atoms with Crippen molar-refractivity contribution in [1.82, 2.24) is 5.32 Å². The first-order chi connectivity index (χ1) is 9.12. The van der Waals surface area contributed by atoms with E-state index in [0.29, 0.717) is 19.5 Å². The lowest BCUT2D eigenvalue weighted by Gasteiger charge is -2.12. The molecule has 0 radical (unpaired) electrons. The number of benzene rings is 1. The van der Waals surface area contributed by atoms with Crippen LogP contribution < -0.4 is 10.1 Å². The van der Waals surface area contributed by atoms with E-state index in [-0.39, 0.29) is 5.92 Å². The molecule has 0 heterocycles. The van der Waals surface area contributed by atoms with Crippen LogP contribution >= 0.6 is 0 Å². The maximum absolute atomic E-state index is 10.9. The van der Waals surface area contributed by atoms with E-state index in [1.165, 1.54) is 5.56 Å². The van der Waals surface area contributed by atoms with E-state index in [9.17, 15) is 4.79 Å².